The number of hydrogen-bond donors (Lipinski definition) is 1. The Morgan fingerprint density at radius 1 is 1.36 bits per heavy atom. The highest BCUT2D eigenvalue weighted by Gasteiger charge is 2.32. The van der Waals surface area contributed by atoms with Gasteiger partial charge in [0.15, 0.2) is 0 Å². The van der Waals surface area contributed by atoms with Crippen LogP contribution in [0.3, 0.4) is 0 Å². The number of piperidine rings is 1. The van der Waals surface area contributed by atoms with E-state index in [9.17, 15) is 9.90 Å². The quantitative estimate of drug-likeness (QED) is 0.413. The second-order valence-corrected chi connectivity index (χ2v) is 11.0. The second-order valence-electron chi connectivity index (χ2n) is 9.23. The monoisotopic (exact) mass is 494 g/mol. The molecule has 0 spiro atoms. The van der Waals surface area contributed by atoms with Crippen LogP contribution < -0.4 is 4.74 Å². The van der Waals surface area contributed by atoms with Gasteiger partial charge >= 0.3 is 5.97 Å². The number of methoxy groups -OCH3 is 1. The summed E-state index contributed by atoms with van der Waals surface area (Å²) >= 11 is 8.41. The molecular formula is C25H32ClFN2O3S. The molecule has 33 heavy (non-hydrogen) atoms. The fourth-order valence-electron chi connectivity index (χ4n) is 4.90. The van der Waals surface area contributed by atoms with E-state index in [1.165, 1.54) is 19.0 Å². The number of hydrogen-bond acceptors (Lipinski definition) is 5. The van der Waals surface area contributed by atoms with E-state index in [0.717, 1.165) is 37.1 Å². The van der Waals surface area contributed by atoms with Gasteiger partial charge in [-0.2, -0.15) is 11.8 Å². The Kier molecular flexibility index (Phi) is 8.36. The van der Waals surface area contributed by atoms with E-state index in [1.54, 1.807) is 25.3 Å². The largest absolute Gasteiger partial charge is 0.497 e. The molecule has 0 unspecified atom stereocenters. The van der Waals surface area contributed by atoms with Crippen LogP contribution in [-0.2, 0) is 4.79 Å². The van der Waals surface area contributed by atoms with E-state index in [0.29, 0.717) is 40.1 Å². The third-order valence-electron chi connectivity index (χ3n) is 6.87. The zero-order valence-electron chi connectivity index (χ0n) is 19.0. The molecule has 1 aliphatic carbocycles. The summed E-state index contributed by atoms with van der Waals surface area (Å²) in [5, 5.41) is 11.3. The van der Waals surface area contributed by atoms with Crippen molar-refractivity contribution in [3.05, 3.63) is 35.0 Å². The van der Waals surface area contributed by atoms with Crippen molar-refractivity contribution in [3.8, 4) is 5.75 Å². The van der Waals surface area contributed by atoms with Gasteiger partial charge in [0.25, 0.3) is 0 Å². The molecule has 8 heteroatoms. The summed E-state index contributed by atoms with van der Waals surface area (Å²) in [4.78, 5) is 18.2. The van der Waals surface area contributed by atoms with Crippen LogP contribution in [0.4, 0.5) is 4.39 Å². The van der Waals surface area contributed by atoms with E-state index in [-0.39, 0.29) is 18.3 Å². The number of halogens is 2. The van der Waals surface area contributed by atoms with Crippen LogP contribution in [0, 0.1) is 11.8 Å². The zero-order valence-corrected chi connectivity index (χ0v) is 20.6. The topological polar surface area (TPSA) is 62.7 Å². The fourth-order valence-corrected chi connectivity index (χ4v) is 6.33. The molecule has 1 N–H and O–H groups in total. The summed E-state index contributed by atoms with van der Waals surface area (Å²) < 4.78 is 20.9. The number of carboxylic acid groups (broad SMARTS) is 1. The highest BCUT2D eigenvalue weighted by atomic mass is 35.5. The van der Waals surface area contributed by atoms with Crippen molar-refractivity contribution in [3.63, 3.8) is 0 Å². The molecule has 1 aromatic carbocycles. The van der Waals surface area contributed by atoms with Crippen molar-refractivity contribution in [2.45, 2.75) is 49.9 Å². The molecule has 5 nitrogen and oxygen atoms in total. The SMILES string of the molecule is COc1ccc2ncc(Cl)c([C@@H](F)CC[C@@H]3CCN(CCSC4CC4)C[C@@H]3CC(=O)O)c2c1. The third kappa shape index (κ3) is 6.52. The third-order valence-corrected chi connectivity index (χ3v) is 8.53. The number of carboxylic acids is 1. The Balaban J connectivity index is 1.40. The zero-order chi connectivity index (χ0) is 23.4. The number of rotatable bonds is 11. The van der Waals surface area contributed by atoms with Gasteiger partial charge in [0, 0.05) is 47.7 Å². The molecule has 2 fully saturated rings. The van der Waals surface area contributed by atoms with E-state index in [2.05, 4.69) is 9.88 Å². The van der Waals surface area contributed by atoms with Gasteiger partial charge in [-0.05, 0) is 68.7 Å². The first-order valence-corrected chi connectivity index (χ1v) is 13.2. The molecule has 0 radical (unpaired) electrons. The van der Waals surface area contributed by atoms with Gasteiger partial charge in [-0.15, -0.1) is 0 Å². The molecule has 2 aromatic rings. The van der Waals surface area contributed by atoms with Crippen LogP contribution in [0.25, 0.3) is 10.9 Å². The van der Waals surface area contributed by atoms with Crippen molar-refractivity contribution in [2.24, 2.45) is 11.8 Å². The lowest BCUT2D eigenvalue weighted by atomic mass is 9.79. The van der Waals surface area contributed by atoms with Gasteiger partial charge < -0.3 is 14.7 Å². The average molecular weight is 495 g/mol. The number of carbonyl (C=O) groups is 1. The van der Waals surface area contributed by atoms with E-state index < -0.39 is 12.1 Å². The van der Waals surface area contributed by atoms with Crippen LogP contribution in [-0.4, -0.2) is 58.7 Å². The summed E-state index contributed by atoms with van der Waals surface area (Å²) in [7, 11) is 1.57. The molecule has 1 saturated heterocycles. The molecule has 1 saturated carbocycles. The Bertz CT molecular complexity index is 974. The molecule has 0 bridgehead atoms. The molecule has 0 amide bonds. The minimum absolute atomic E-state index is 0.0547. The Morgan fingerprint density at radius 3 is 2.91 bits per heavy atom. The summed E-state index contributed by atoms with van der Waals surface area (Å²) in [6.45, 7) is 2.75. The minimum Gasteiger partial charge on any atom is -0.497 e. The van der Waals surface area contributed by atoms with Crippen LogP contribution in [0.5, 0.6) is 5.75 Å². The summed E-state index contributed by atoms with van der Waals surface area (Å²) in [5.74, 6) is 1.23. The number of likely N-dealkylation sites (tertiary alicyclic amines) is 1. The molecule has 1 aromatic heterocycles. The van der Waals surface area contributed by atoms with E-state index in [1.807, 2.05) is 11.8 Å². The molecule has 3 atom stereocenters. The second kappa shape index (κ2) is 11.2. The highest BCUT2D eigenvalue weighted by Crippen LogP contribution is 2.39. The molecule has 180 valence electrons. The van der Waals surface area contributed by atoms with Crippen molar-refractivity contribution >= 4 is 40.2 Å². The number of aliphatic carboxylic acids is 1. The number of ether oxygens (including phenoxy) is 1. The van der Waals surface area contributed by atoms with Crippen LogP contribution in [0.1, 0.15) is 50.3 Å². The smallest absolute Gasteiger partial charge is 0.303 e. The highest BCUT2D eigenvalue weighted by molar-refractivity contribution is 8.00. The molecule has 4 rings (SSSR count). The van der Waals surface area contributed by atoms with Gasteiger partial charge in [-0.3, -0.25) is 9.78 Å². The standard InChI is InChI=1S/C25H32ClFN2O3S/c1-32-18-3-7-23-20(13-18)25(21(26)14-28-23)22(27)6-2-16-8-9-29(10-11-33-19-4-5-19)15-17(16)12-24(30)31/h3,7,13-14,16-17,19,22H,2,4-6,8-12,15H2,1H3,(H,30,31)/t16-,17+,22+/m1/s1. The number of benzene rings is 1. The normalized spacial score (nSPS) is 22.4. The van der Waals surface area contributed by atoms with Crippen LogP contribution >= 0.6 is 23.4 Å². The summed E-state index contributed by atoms with van der Waals surface area (Å²) in [5.41, 5.74) is 1.13. The van der Waals surface area contributed by atoms with Crippen molar-refractivity contribution < 1.29 is 19.0 Å². The summed E-state index contributed by atoms with van der Waals surface area (Å²) in [6, 6.07) is 5.38. The van der Waals surface area contributed by atoms with E-state index in [4.69, 9.17) is 16.3 Å². The number of thioether (sulfide) groups is 1. The maximum absolute atomic E-state index is 15.5. The summed E-state index contributed by atoms with van der Waals surface area (Å²) in [6.07, 6.45) is 4.95. The van der Waals surface area contributed by atoms with Crippen LogP contribution in [0.15, 0.2) is 24.4 Å². The molecule has 2 heterocycles. The minimum atomic E-state index is -1.24. The van der Waals surface area contributed by atoms with Crippen LogP contribution in [0.2, 0.25) is 5.02 Å². The van der Waals surface area contributed by atoms with Gasteiger partial charge in [0.05, 0.1) is 17.6 Å². The lowest BCUT2D eigenvalue weighted by molar-refractivity contribution is -0.139. The van der Waals surface area contributed by atoms with Gasteiger partial charge in [-0.1, -0.05) is 11.6 Å². The average Bonchev–Trinajstić information content (AvgIpc) is 3.62. The predicted molar refractivity (Wildman–Crippen MR) is 132 cm³/mol. The first-order valence-electron chi connectivity index (χ1n) is 11.8. The maximum atomic E-state index is 15.5. The van der Waals surface area contributed by atoms with Crippen molar-refractivity contribution in [1.82, 2.24) is 9.88 Å². The Hall–Kier alpha value is -1.57. The number of alkyl halides is 1. The molecular weight excluding hydrogens is 463 g/mol. The molecule has 1 aliphatic heterocycles. The number of nitrogens with zero attached hydrogens (tertiary/aromatic N) is 2. The number of pyridine rings is 1. The number of aromatic nitrogens is 1. The molecule has 2 aliphatic rings. The maximum Gasteiger partial charge on any atom is 0.303 e. The first-order chi connectivity index (χ1) is 15.9. The first kappa shape index (κ1) is 24.6. The lowest BCUT2D eigenvalue weighted by Crippen LogP contribution is -2.42. The van der Waals surface area contributed by atoms with Gasteiger partial charge in [-0.25, -0.2) is 4.39 Å². The Morgan fingerprint density at radius 2 is 2.18 bits per heavy atom. The van der Waals surface area contributed by atoms with Crippen molar-refractivity contribution in [2.75, 3.05) is 32.5 Å². The Labute approximate surface area is 204 Å². The van der Waals surface area contributed by atoms with Crippen molar-refractivity contribution in [1.29, 1.82) is 0 Å². The fraction of sp³-hybridized carbons (Fsp3) is 0.600. The van der Waals surface area contributed by atoms with Gasteiger partial charge in [0.2, 0.25) is 0 Å². The van der Waals surface area contributed by atoms with Gasteiger partial charge in [0.1, 0.15) is 11.9 Å². The van der Waals surface area contributed by atoms with E-state index >= 15 is 4.39 Å². The number of fused-ring (bicyclic) bond motifs is 1. The lowest BCUT2D eigenvalue weighted by Gasteiger charge is -2.38. The predicted octanol–water partition coefficient (Wildman–Crippen LogP) is 6.00.